The first kappa shape index (κ1) is 20.1. The molecule has 142 valence electrons. The Hall–Kier alpha value is -3.22. The SMILES string of the molecule is CC(C)(C)OC(=O)Nc1ccc(C(=O)OCC(=O)c2ccccc2F)cc1. The van der Waals surface area contributed by atoms with Crippen molar-refractivity contribution >= 4 is 23.5 Å². The van der Waals surface area contributed by atoms with Crippen LogP contribution in [0.1, 0.15) is 41.5 Å². The van der Waals surface area contributed by atoms with Crippen LogP contribution in [0.5, 0.6) is 0 Å². The van der Waals surface area contributed by atoms with Crippen LogP contribution >= 0.6 is 0 Å². The molecule has 0 spiro atoms. The van der Waals surface area contributed by atoms with Gasteiger partial charge in [0.1, 0.15) is 11.4 Å². The minimum absolute atomic E-state index is 0.137. The van der Waals surface area contributed by atoms with Gasteiger partial charge in [0.25, 0.3) is 0 Å². The Bertz CT molecular complexity index is 840. The van der Waals surface area contributed by atoms with Gasteiger partial charge in [0.2, 0.25) is 5.78 Å². The summed E-state index contributed by atoms with van der Waals surface area (Å²) in [5.74, 6) is -2.04. The van der Waals surface area contributed by atoms with Crippen molar-refractivity contribution in [1.29, 1.82) is 0 Å². The molecule has 2 rings (SSSR count). The summed E-state index contributed by atoms with van der Waals surface area (Å²) in [5.41, 5.74) is -0.144. The van der Waals surface area contributed by atoms with Crippen LogP contribution in [0.3, 0.4) is 0 Å². The molecule has 0 aromatic heterocycles. The summed E-state index contributed by atoms with van der Waals surface area (Å²) in [5, 5.41) is 2.53. The van der Waals surface area contributed by atoms with Crippen LogP contribution in [-0.4, -0.2) is 30.1 Å². The molecule has 0 bridgehead atoms. The third-order valence-corrected chi connectivity index (χ3v) is 3.27. The van der Waals surface area contributed by atoms with Gasteiger partial charge in [0.15, 0.2) is 6.61 Å². The highest BCUT2D eigenvalue weighted by Gasteiger charge is 2.17. The molecule has 0 atom stereocenters. The molecule has 0 saturated carbocycles. The number of hydrogen-bond acceptors (Lipinski definition) is 5. The number of anilines is 1. The van der Waals surface area contributed by atoms with Crippen molar-refractivity contribution in [3.63, 3.8) is 0 Å². The van der Waals surface area contributed by atoms with E-state index >= 15 is 0 Å². The smallest absolute Gasteiger partial charge is 0.412 e. The molecule has 27 heavy (non-hydrogen) atoms. The standard InChI is InChI=1S/C20H20FNO5/c1-20(2,3)27-19(25)22-14-10-8-13(9-11-14)18(24)26-12-17(23)15-6-4-5-7-16(15)21/h4-11H,12H2,1-3H3,(H,22,25). The van der Waals surface area contributed by atoms with Crippen LogP contribution in [0.15, 0.2) is 48.5 Å². The zero-order valence-electron chi connectivity index (χ0n) is 15.2. The van der Waals surface area contributed by atoms with Gasteiger partial charge in [0.05, 0.1) is 11.1 Å². The van der Waals surface area contributed by atoms with E-state index in [1.165, 1.54) is 42.5 Å². The average Bonchev–Trinajstić information content (AvgIpc) is 2.58. The number of carbonyl (C=O) groups is 3. The van der Waals surface area contributed by atoms with Gasteiger partial charge in [-0.3, -0.25) is 10.1 Å². The summed E-state index contributed by atoms with van der Waals surface area (Å²) in [6.45, 7) is 4.66. The van der Waals surface area contributed by atoms with E-state index in [2.05, 4.69) is 5.32 Å². The van der Waals surface area contributed by atoms with Gasteiger partial charge < -0.3 is 9.47 Å². The molecule has 0 aliphatic heterocycles. The number of amides is 1. The summed E-state index contributed by atoms with van der Waals surface area (Å²) in [7, 11) is 0. The first-order valence-corrected chi connectivity index (χ1v) is 8.20. The van der Waals surface area contributed by atoms with E-state index in [-0.39, 0.29) is 11.1 Å². The number of Topliss-reactive ketones (excluding diaryl/α,β-unsaturated/α-hetero) is 1. The Labute approximate surface area is 156 Å². The van der Waals surface area contributed by atoms with Crippen molar-refractivity contribution in [2.24, 2.45) is 0 Å². The van der Waals surface area contributed by atoms with Crippen molar-refractivity contribution in [3.05, 3.63) is 65.5 Å². The molecule has 0 aliphatic rings. The highest BCUT2D eigenvalue weighted by molar-refractivity contribution is 5.99. The van der Waals surface area contributed by atoms with Gasteiger partial charge in [-0.05, 0) is 57.2 Å². The van der Waals surface area contributed by atoms with Gasteiger partial charge in [0, 0.05) is 5.69 Å². The Morgan fingerprint density at radius 2 is 1.63 bits per heavy atom. The summed E-state index contributed by atoms with van der Waals surface area (Å²) in [6.07, 6.45) is -0.617. The Kier molecular flexibility index (Phi) is 6.28. The van der Waals surface area contributed by atoms with Crippen molar-refractivity contribution < 1.29 is 28.2 Å². The normalized spacial score (nSPS) is 10.8. The van der Waals surface area contributed by atoms with Crippen LogP contribution in [0.25, 0.3) is 0 Å². The molecule has 0 unspecified atom stereocenters. The Balaban J connectivity index is 1.91. The maximum Gasteiger partial charge on any atom is 0.412 e. The van der Waals surface area contributed by atoms with Crippen LogP contribution in [0.4, 0.5) is 14.9 Å². The number of benzene rings is 2. The number of carbonyl (C=O) groups excluding carboxylic acids is 3. The number of esters is 1. The van der Waals surface area contributed by atoms with E-state index in [1.807, 2.05) is 0 Å². The third kappa shape index (κ3) is 6.22. The molecule has 0 aliphatic carbocycles. The minimum atomic E-state index is -0.733. The lowest BCUT2D eigenvalue weighted by atomic mass is 10.1. The van der Waals surface area contributed by atoms with E-state index in [1.54, 1.807) is 20.8 Å². The first-order valence-electron chi connectivity index (χ1n) is 8.20. The Morgan fingerprint density at radius 1 is 1.00 bits per heavy atom. The molecule has 1 amide bonds. The fraction of sp³-hybridized carbons (Fsp3) is 0.250. The lowest BCUT2D eigenvalue weighted by molar-refractivity contribution is 0.0473. The van der Waals surface area contributed by atoms with Crippen LogP contribution < -0.4 is 5.32 Å². The molecule has 7 heteroatoms. The van der Waals surface area contributed by atoms with Gasteiger partial charge in [-0.25, -0.2) is 14.0 Å². The predicted octanol–water partition coefficient (Wildman–Crippen LogP) is 4.21. The average molecular weight is 373 g/mol. The number of rotatable bonds is 5. The number of hydrogen-bond donors (Lipinski definition) is 1. The molecule has 2 aromatic rings. The van der Waals surface area contributed by atoms with E-state index in [0.717, 1.165) is 6.07 Å². The van der Waals surface area contributed by atoms with E-state index in [4.69, 9.17) is 9.47 Å². The molecule has 0 radical (unpaired) electrons. The second-order valence-electron chi connectivity index (χ2n) is 6.68. The highest BCUT2D eigenvalue weighted by atomic mass is 19.1. The summed E-state index contributed by atoms with van der Waals surface area (Å²) >= 11 is 0. The molecular formula is C20H20FNO5. The fourth-order valence-corrected chi connectivity index (χ4v) is 2.09. The molecule has 1 N–H and O–H groups in total. The number of nitrogens with one attached hydrogen (secondary N) is 1. The van der Waals surface area contributed by atoms with Crippen LogP contribution in [0, 0.1) is 5.82 Å². The topological polar surface area (TPSA) is 81.7 Å². The Morgan fingerprint density at radius 3 is 2.22 bits per heavy atom. The third-order valence-electron chi connectivity index (χ3n) is 3.27. The van der Waals surface area contributed by atoms with Gasteiger partial charge in [-0.2, -0.15) is 0 Å². The minimum Gasteiger partial charge on any atom is -0.454 e. The quantitative estimate of drug-likeness (QED) is 0.627. The summed E-state index contributed by atoms with van der Waals surface area (Å²) < 4.78 is 23.6. The van der Waals surface area contributed by atoms with Gasteiger partial charge in [-0.1, -0.05) is 12.1 Å². The van der Waals surface area contributed by atoms with Crippen molar-refractivity contribution in [1.82, 2.24) is 0 Å². The lowest BCUT2D eigenvalue weighted by Crippen LogP contribution is -2.27. The maximum atomic E-state index is 13.5. The molecule has 2 aromatic carbocycles. The molecule has 6 nitrogen and oxygen atoms in total. The van der Waals surface area contributed by atoms with Crippen molar-refractivity contribution in [2.45, 2.75) is 26.4 Å². The summed E-state index contributed by atoms with van der Waals surface area (Å²) in [4.78, 5) is 35.6. The first-order chi connectivity index (χ1) is 12.7. The molecular weight excluding hydrogens is 353 g/mol. The summed E-state index contributed by atoms with van der Waals surface area (Å²) in [6, 6.07) is 11.3. The van der Waals surface area contributed by atoms with E-state index in [0.29, 0.717) is 5.69 Å². The van der Waals surface area contributed by atoms with Crippen molar-refractivity contribution in [3.8, 4) is 0 Å². The van der Waals surface area contributed by atoms with Crippen LogP contribution in [-0.2, 0) is 9.47 Å². The van der Waals surface area contributed by atoms with Gasteiger partial charge in [-0.15, -0.1) is 0 Å². The molecule has 0 heterocycles. The number of halogens is 1. The predicted molar refractivity (Wildman–Crippen MR) is 97.3 cm³/mol. The van der Waals surface area contributed by atoms with E-state index < -0.39 is 35.9 Å². The monoisotopic (exact) mass is 373 g/mol. The second kappa shape index (κ2) is 8.44. The largest absolute Gasteiger partial charge is 0.454 e. The zero-order valence-corrected chi connectivity index (χ0v) is 15.2. The van der Waals surface area contributed by atoms with Crippen molar-refractivity contribution in [2.75, 3.05) is 11.9 Å². The molecule has 0 saturated heterocycles. The highest BCUT2D eigenvalue weighted by Crippen LogP contribution is 2.14. The fourth-order valence-electron chi connectivity index (χ4n) is 2.09. The molecule has 0 fully saturated rings. The second-order valence-corrected chi connectivity index (χ2v) is 6.68. The maximum absolute atomic E-state index is 13.5. The van der Waals surface area contributed by atoms with E-state index in [9.17, 15) is 18.8 Å². The lowest BCUT2D eigenvalue weighted by Gasteiger charge is -2.19. The van der Waals surface area contributed by atoms with Gasteiger partial charge >= 0.3 is 12.1 Å². The number of ether oxygens (including phenoxy) is 2. The zero-order chi connectivity index (χ0) is 20.0. The van der Waals surface area contributed by atoms with Crippen LogP contribution in [0.2, 0.25) is 0 Å². The number of ketones is 1.